The van der Waals surface area contributed by atoms with Gasteiger partial charge in [-0.15, -0.1) is 0 Å². The Morgan fingerprint density at radius 2 is 1.56 bits per heavy atom. The van der Waals surface area contributed by atoms with Gasteiger partial charge in [0.15, 0.2) is 0 Å². The van der Waals surface area contributed by atoms with Gasteiger partial charge >= 0.3 is 5.97 Å². The number of unbranched alkanes of at least 4 members (excludes halogenated alkanes) is 5. The SMILES string of the molecule is CCCCCCCCC(O)C=CC=C[C@H]1CC=CC[C@H]1C(O)CCCC(=O)O.NC(CO)(CO)CO. The van der Waals surface area contributed by atoms with E-state index in [1.54, 1.807) is 0 Å². The molecule has 0 fully saturated rings. The summed E-state index contributed by atoms with van der Waals surface area (Å²) in [5, 5.41) is 54.3. The standard InChI is InChI=1S/C24H40O4.C4H11NO3/c1-2-3-4-5-6-7-15-21(25)16-10-8-13-20-14-9-11-17-22(20)23(26)18-12-19-24(27)28;5-4(1-6,2-7)3-8/h8-11,13,16,20-23,25-26H,2-7,12,14-15,17-19H2,1H3,(H,27,28);6-8H,1-3,5H2/t20-,21?,22+,23?;/m0./s1. The summed E-state index contributed by atoms with van der Waals surface area (Å²) < 4.78 is 0. The van der Waals surface area contributed by atoms with E-state index in [2.05, 4.69) is 25.2 Å². The zero-order chi connectivity index (χ0) is 27.2. The largest absolute Gasteiger partial charge is 0.481 e. The fraction of sp³-hybridized carbons (Fsp3) is 0.750. The maximum absolute atomic E-state index is 10.6. The first-order valence-corrected chi connectivity index (χ1v) is 13.4. The third-order valence-electron chi connectivity index (χ3n) is 6.52. The Kier molecular flexibility index (Phi) is 20.6. The molecule has 0 spiro atoms. The minimum Gasteiger partial charge on any atom is -0.481 e. The van der Waals surface area contributed by atoms with Gasteiger partial charge < -0.3 is 36.4 Å². The van der Waals surface area contributed by atoms with Crippen molar-refractivity contribution in [2.45, 2.75) is 102 Å². The number of carboxylic acids is 1. The van der Waals surface area contributed by atoms with E-state index in [0.29, 0.717) is 12.8 Å². The second kappa shape index (κ2) is 21.5. The predicted octanol–water partition coefficient (Wildman–Crippen LogP) is 3.07. The molecule has 0 aliphatic heterocycles. The topological polar surface area (TPSA) is 164 Å². The predicted molar refractivity (Wildman–Crippen MR) is 143 cm³/mol. The van der Waals surface area contributed by atoms with Crippen LogP contribution in [0.3, 0.4) is 0 Å². The smallest absolute Gasteiger partial charge is 0.303 e. The third kappa shape index (κ3) is 17.0. The highest BCUT2D eigenvalue weighted by Crippen LogP contribution is 2.31. The lowest BCUT2D eigenvalue weighted by molar-refractivity contribution is -0.137. The minimum atomic E-state index is -1.21. The van der Waals surface area contributed by atoms with Crippen molar-refractivity contribution in [1.29, 1.82) is 0 Å². The second-order valence-corrected chi connectivity index (χ2v) is 9.85. The van der Waals surface area contributed by atoms with Crippen molar-refractivity contribution in [2.75, 3.05) is 19.8 Å². The van der Waals surface area contributed by atoms with E-state index >= 15 is 0 Å². The Morgan fingerprint density at radius 3 is 2.14 bits per heavy atom. The number of carbonyl (C=O) groups is 1. The normalized spacial score (nSPS) is 19.9. The molecule has 210 valence electrons. The first-order valence-electron chi connectivity index (χ1n) is 13.4. The monoisotopic (exact) mass is 513 g/mol. The number of aliphatic carboxylic acids is 1. The van der Waals surface area contributed by atoms with E-state index in [4.69, 9.17) is 26.2 Å². The Bertz CT molecular complexity index is 623. The van der Waals surface area contributed by atoms with Gasteiger partial charge in [0, 0.05) is 6.42 Å². The first-order chi connectivity index (χ1) is 17.2. The molecule has 8 N–H and O–H groups in total. The van der Waals surface area contributed by atoms with E-state index < -0.39 is 37.4 Å². The summed E-state index contributed by atoms with van der Waals surface area (Å²) in [5.74, 6) is -0.418. The zero-order valence-corrected chi connectivity index (χ0v) is 22.0. The molecule has 0 saturated carbocycles. The number of nitrogens with two attached hydrogens (primary N) is 1. The van der Waals surface area contributed by atoms with Crippen LogP contribution < -0.4 is 5.73 Å². The molecule has 2 unspecified atom stereocenters. The van der Waals surface area contributed by atoms with E-state index in [1.807, 2.05) is 18.2 Å². The molecule has 0 heterocycles. The van der Waals surface area contributed by atoms with Gasteiger partial charge in [0.25, 0.3) is 0 Å². The quantitative estimate of drug-likeness (QED) is 0.0834. The third-order valence-corrected chi connectivity index (χ3v) is 6.52. The van der Waals surface area contributed by atoms with Crippen molar-refractivity contribution in [3.05, 3.63) is 36.5 Å². The molecule has 0 saturated heterocycles. The summed E-state index contributed by atoms with van der Waals surface area (Å²) in [4.78, 5) is 10.6. The average molecular weight is 514 g/mol. The lowest BCUT2D eigenvalue weighted by atomic mass is 9.78. The van der Waals surface area contributed by atoms with Crippen LogP contribution in [-0.2, 0) is 4.79 Å². The lowest BCUT2D eigenvalue weighted by Gasteiger charge is -2.30. The molecule has 0 amide bonds. The van der Waals surface area contributed by atoms with Crippen LogP contribution in [0.1, 0.15) is 84.0 Å². The highest BCUT2D eigenvalue weighted by atomic mass is 16.4. The number of rotatable bonds is 18. The number of allylic oxidation sites excluding steroid dienone is 5. The molecule has 1 aliphatic carbocycles. The van der Waals surface area contributed by atoms with Gasteiger partial charge in [-0.25, -0.2) is 0 Å². The average Bonchev–Trinajstić information content (AvgIpc) is 2.88. The molecule has 0 aromatic heterocycles. The number of hydrogen-bond donors (Lipinski definition) is 7. The van der Waals surface area contributed by atoms with Gasteiger partial charge in [-0.2, -0.15) is 0 Å². The molecule has 36 heavy (non-hydrogen) atoms. The maximum atomic E-state index is 10.6. The Labute approximate surface area is 217 Å². The molecule has 8 heteroatoms. The van der Waals surface area contributed by atoms with Gasteiger partial charge in [-0.05, 0) is 43.9 Å². The first kappa shape index (κ1) is 34.5. The van der Waals surface area contributed by atoms with Crippen LogP contribution in [0.4, 0.5) is 0 Å². The molecule has 1 aliphatic rings. The van der Waals surface area contributed by atoms with Crippen LogP contribution in [0.5, 0.6) is 0 Å². The summed E-state index contributed by atoms with van der Waals surface area (Å²) in [6.45, 7) is 1.01. The fourth-order valence-electron chi connectivity index (χ4n) is 3.98. The number of aliphatic hydroxyl groups excluding tert-OH is 5. The van der Waals surface area contributed by atoms with Crippen LogP contribution in [0.25, 0.3) is 0 Å². The number of aliphatic hydroxyl groups is 5. The Morgan fingerprint density at radius 1 is 0.944 bits per heavy atom. The Balaban J connectivity index is 0.00000131. The van der Waals surface area contributed by atoms with Crippen molar-refractivity contribution in [1.82, 2.24) is 0 Å². The summed E-state index contributed by atoms with van der Waals surface area (Å²) in [6, 6.07) is 0. The van der Waals surface area contributed by atoms with Gasteiger partial charge in [0.1, 0.15) is 0 Å². The van der Waals surface area contributed by atoms with Crippen molar-refractivity contribution >= 4 is 5.97 Å². The van der Waals surface area contributed by atoms with Gasteiger partial charge in [0.2, 0.25) is 0 Å². The molecular weight excluding hydrogens is 462 g/mol. The van der Waals surface area contributed by atoms with E-state index in [-0.39, 0.29) is 24.4 Å². The van der Waals surface area contributed by atoms with Gasteiger partial charge in [0.05, 0.1) is 37.6 Å². The highest BCUT2D eigenvalue weighted by molar-refractivity contribution is 5.66. The van der Waals surface area contributed by atoms with Crippen molar-refractivity contribution < 1.29 is 35.4 Å². The molecular formula is C28H51NO7. The van der Waals surface area contributed by atoms with Gasteiger partial charge in [-0.1, -0.05) is 81.9 Å². The zero-order valence-electron chi connectivity index (χ0n) is 22.0. The minimum absolute atomic E-state index is 0.110. The molecule has 0 bridgehead atoms. The highest BCUT2D eigenvalue weighted by Gasteiger charge is 2.27. The van der Waals surface area contributed by atoms with Gasteiger partial charge in [-0.3, -0.25) is 4.79 Å². The molecule has 0 aromatic carbocycles. The van der Waals surface area contributed by atoms with Crippen LogP contribution in [0.15, 0.2) is 36.5 Å². The fourth-order valence-corrected chi connectivity index (χ4v) is 3.98. The van der Waals surface area contributed by atoms with E-state index in [9.17, 15) is 15.0 Å². The maximum Gasteiger partial charge on any atom is 0.303 e. The lowest BCUT2D eigenvalue weighted by Crippen LogP contribution is -2.50. The summed E-state index contributed by atoms with van der Waals surface area (Å²) >= 11 is 0. The summed E-state index contributed by atoms with van der Waals surface area (Å²) in [6.07, 6.45) is 22.3. The van der Waals surface area contributed by atoms with Crippen LogP contribution >= 0.6 is 0 Å². The van der Waals surface area contributed by atoms with Crippen LogP contribution in [-0.4, -0.2) is 74.2 Å². The van der Waals surface area contributed by atoms with E-state index in [0.717, 1.165) is 25.7 Å². The molecule has 0 radical (unpaired) electrons. The summed E-state index contributed by atoms with van der Waals surface area (Å²) in [5.41, 5.74) is 3.94. The molecule has 8 nitrogen and oxygen atoms in total. The molecule has 0 aromatic rings. The Hall–Kier alpha value is -1.55. The second-order valence-electron chi connectivity index (χ2n) is 9.85. The van der Waals surface area contributed by atoms with Crippen molar-refractivity contribution in [3.8, 4) is 0 Å². The van der Waals surface area contributed by atoms with E-state index in [1.165, 1.54) is 32.1 Å². The molecule has 4 atom stereocenters. The summed E-state index contributed by atoms with van der Waals surface area (Å²) in [7, 11) is 0. The number of carboxylic acid groups (broad SMARTS) is 1. The van der Waals surface area contributed by atoms with Crippen molar-refractivity contribution in [2.24, 2.45) is 17.6 Å². The molecule has 1 rings (SSSR count). The number of hydrogen-bond acceptors (Lipinski definition) is 7. The van der Waals surface area contributed by atoms with Crippen molar-refractivity contribution in [3.63, 3.8) is 0 Å². The van der Waals surface area contributed by atoms with Crippen LogP contribution in [0, 0.1) is 11.8 Å². The van der Waals surface area contributed by atoms with Crippen LogP contribution in [0.2, 0.25) is 0 Å².